The molecule has 26 heavy (non-hydrogen) atoms. The van der Waals surface area contributed by atoms with Crippen LogP contribution in [0.1, 0.15) is 53.9 Å². The highest BCUT2D eigenvalue weighted by Crippen LogP contribution is 2.37. The van der Waals surface area contributed by atoms with E-state index >= 15 is 0 Å². The van der Waals surface area contributed by atoms with Crippen LogP contribution in [0.4, 0.5) is 0 Å². The lowest BCUT2D eigenvalue weighted by atomic mass is 9.90. The van der Waals surface area contributed by atoms with E-state index in [0.29, 0.717) is 11.8 Å². The van der Waals surface area contributed by atoms with E-state index in [1.807, 2.05) is 58.0 Å². The van der Waals surface area contributed by atoms with Gasteiger partial charge in [-0.05, 0) is 82.9 Å². The average Bonchev–Trinajstić information content (AvgIpc) is 2.92. The molecule has 3 atom stereocenters. The van der Waals surface area contributed by atoms with E-state index in [2.05, 4.69) is 22.1 Å². The summed E-state index contributed by atoms with van der Waals surface area (Å²) >= 11 is 1.47. The van der Waals surface area contributed by atoms with Crippen molar-refractivity contribution < 1.29 is 4.79 Å². The molecule has 0 spiro atoms. The first-order chi connectivity index (χ1) is 12.1. The van der Waals surface area contributed by atoms with Gasteiger partial charge in [-0.3, -0.25) is 4.79 Å². The first kappa shape index (κ1) is 20.9. The van der Waals surface area contributed by atoms with Crippen LogP contribution < -0.4 is 10.0 Å². The quantitative estimate of drug-likeness (QED) is 0.516. The lowest BCUT2D eigenvalue weighted by Gasteiger charge is -2.28. The summed E-state index contributed by atoms with van der Waals surface area (Å²) in [4.78, 5) is 24.8. The fourth-order valence-electron chi connectivity index (χ4n) is 3.56. The van der Waals surface area contributed by atoms with Crippen LogP contribution in [0.3, 0.4) is 0 Å². The average molecular weight is 378 g/mol. The second-order valence-electron chi connectivity index (χ2n) is 8.64. The zero-order valence-electron chi connectivity index (χ0n) is 16.4. The molecule has 0 aliphatic heterocycles. The van der Waals surface area contributed by atoms with Crippen LogP contribution >= 0.6 is 11.9 Å². The zero-order chi connectivity index (χ0) is 19.4. The van der Waals surface area contributed by atoms with Gasteiger partial charge in [0.2, 0.25) is 5.91 Å². The Kier molecular flexibility index (Phi) is 6.86. The topological polar surface area (TPSA) is 70.6 Å². The largest absolute Gasteiger partial charge is 0.351 e. The van der Waals surface area contributed by atoms with Crippen LogP contribution in [0.15, 0.2) is 40.4 Å². The molecule has 2 rings (SSSR count). The molecule has 6 heteroatoms. The maximum Gasteiger partial charge on any atom is 0.240 e. The van der Waals surface area contributed by atoms with Crippen molar-refractivity contribution in [2.75, 3.05) is 0 Å². The molecule has 1 fully saturated rings. The van der Waals surface area contributed by atoms with Gasteiger partial charge in [0.25, 0.3) is 0 Å². The number of nitroso groups, excluding NO2 is 1. The number of benzene rings is 1. The third-order valence-corrected chi connectivity index (χ3v) is 6.19. The van der Waals surface area contributed by atoms with E-state index in [1.54, 1.807) is 0 Å². The van der Waals surface area contributed by atoms with Crippen molar-refractivity contribution in [3.63, 3.8) is 0 Å². The van der Waals surface area contributed by atoms with Gasteiger partial charge < -0.3 is 5.32 Å². The van der Waals surface area contributed by atoms with Crippen molar-refractivity contribution in [3.8, 4) is 0 Å². The van der Waals surface area contributed by atoms with Gasteiger partial charge in [-0.15, -0.1) is 0 Å². The van der Waals surface area contributed by atoms with Crippen molar-refractivity contribution in [3.05, 3.63) is 35.2 Å². The predicted octanol–water partition coefficient (Wildman–Crippen LogP) is 4.53. The lowest BCUT2D eigenvalue weighted by Crippen LogP contribution is -2.53. The van der Waals surface area contributed by atoms with E-state index in [-0.39, 0.29) is 11.9 Å². The summed E-state index contributed by atoms with van der Waals surface area (Å²) in [6, 6.07) is 10.1. The summed E-state index contributed by atoms with van der Waals surface area (Å²) < 4.78 is 3.27. The molecular weight excluding hydrogens is 346 g/mol. The predicted molar refractivity (Wildman–Crippen MR) is 108 cm³/mol. The van der Waals surface area contributed by atoms with Crippen molar-refractivity contribution in [1.29, 1.82) is 0 Å². The van der Waals surface area contributed by atoms with Crippen LogP contribution in [-0.4, -0.2) is 23.0 Å². The number of nitrogens with one attached hydrogen (secondary N) is 2. The molecule has 0 aromatic heterocycles. The van der Waals surface area contributed by atoms with Gasteiger partial charge in [-0.1, -0.05) is 30.3 Å². The van der Waals surface area contributed by atoms with Crippen LogP contribution in [0, 0.1) is 16.7 Å². The number of nitrogens with zero attached hydrogens (tertiary/aromatic N) is 1. The Morgan fingerprint density at radius 3 is 2.46 bits per heavy atom. The van der Waals surface area contributed by atoms with E-state index in [1.165, 1.54) is 11.9 Å². The minimum absolute atomic E-state index is 0.00574. The molecule has 0 bridgehead atoms. The maximum atomic E-state index is 12.8. The summed E-state index contributed by atoms with van der Waals surface area (Å²) in [6.07, 6.45) is 2.71. The molecule has 144 valence electrons. The first-order valence-electron chi connectivity index (χ1n) is 9.27. The summed E-state index contributed by atoms with van der Waals surface area (Å²) in [5.41, 5.74) is -1.21. The minimum Gasteiger partial charge on any atom is -0.351 e. The highest BCUT2D eigenvalue weighted by Gasteiger charge is 2.38. The molecule has 5 nitrogen and oxygen atoms in total. The molecule has 0 saturated heterocycles. The highest BCUT2D eigenvalue weighted by atomic mass is 32.2. The van der Waals surface area contributed by atoms with Crippen molar-refractivity contribution >= 4 is 17.9 Å². The van der Waals surface area contributed by atoms with Gasteiger partial charge in [-0.2, -0.15) is 4.91 Å². The van der Waals surface area contributed by atoms with Gasteiger partial charge in [0.05, 0.1) is 5.54 Å². The second kappa shape index (κ2) is 8.53. The lowest BCUT2D eigenvalue weighted by molar-refractivity contribution is -0.126. The van der Waals surface area contributed by atoms with Gasteiger partial charge in [-0.25, -0.2) is 4.72 Å². The smallest absolute Gasteiger partial charge is 0.240 e. The molecule has 1 aliphatic rings. The molecule has 3 unspecified atom stereocenters. The van der Waals surface area contributed by atoms with Gasteiger partial charge in [0, 0.05) is 10.9 Å². The number of hydrogen-bond donors (Lipinski definition) is 2. The minimum atomic E-state index is -0.679. The number of carbonyl (C=O) groups excluding carboxylic acids is 1. The Morgan fingerprint density at radius 2 is 1.85 bits per heavy atom. The van der Waals surface area contributed by atoms with Crippen LogP contribution in [-0.2, 0) is 4.79 Å². The second-order valence-corrected chi connectivity index (χ2v) is 9.52. The molecule has 2 N–H and O–H groups in total. The van der Waals surface area contributed by atoms with Gasteiger partial charge >= 0.3 is 0 Å². The van der Waals surface area contributed by atoms with Gasteiger partial charge in [0.1, 0.15) is 5.54 Å². The first-order valence-corrected chi connectivity index (χ1v) is 10.1. The normalized spacial score (nSPS) is 23.7. The third kappa shape index (κ3) is 5.81. The van der Waals surface area contributed by atoms with Crippen LogP contribution in [0.5, 0.6) is 0 Å². The Labute approximate surface area is 161 Å². The molecular formula is C20H31N3O2S. The Hall–Kier alpha value is -1.40. The summed E-state index contributed by atoms with van der Waals surface area (Å²) in [7, 11) is 0. The summed E-state index contributed by atoms with van der Waals surface area (Å²) in [5.74, 6) is 0.841. The standard InChI is InChI=1S/C20H31N3O2S/c1-14-11-15(13-19(2,3)22-25)12-17(14)21-18(24)20(4,5)23-26-16-9-7-6-8-10-16/h6-10,14-15,17,23H,11-13H2,1-5H3,(H,21,24). The molecule has 0 radical (unpaired) electrons. The van der Waals surface area contributed by atoms with E-state index < -0.39 is 11.1 Å². The number of hydrogen-bond acceptors (Lipinski definition) is 5. The fourth-order valence-corrected chi connectivity index (χ4v) is 4.32. The fraction of sp³-hybridized carbons (Fsp3) is 0.650. The Morgan fingerprint density at radius 1 is 1.19 bits per heavy atom. The van der Waals surface area contributed by atoms with Crippen molar-refractivity contribution in [2.45, 2.75) is 75.9 Å². The Balaban J connectivity index is 1.88. The summed E-state index contributed by atoms with van der Waals surface area (Å²) in [6.45, 7) is 9.73. The van der Waals surface area contributed by atoms with Crippen molar-refractivity contribution in [2.24, 2.45) is 17.0 Å². The third-order valence-electron chi connectivity index (χ3n) is 5.07. The number of amides is 1. The molecule has 1 aromatic rings. The molecule has 1 aromatic carbocycles. The van der Waals surface area contributed by atoms with Crippen LogP contribution in [0.2, 0.25) is 0 Å². The number of rotatable bonds is 8. The summed E-state index contributed by atoms with van der Waals surface area (Å²) in [5, 5.41) is 6.45. The van der Waals surface area contributed by atoms with Crippen molar-refractivity contribution in [1.82, 2.24) is 10.0 Å². The monoisotopic (exact) mass is 377 g/mol. The molecule has 1 aliphatic carbocycles. The SMILES string of the molecule is CC1CC(CC(C)(C)N=O)CC1NC(=O)C(C)(C)NSc1ccccc1. The molecule has 1 saturated carbocycles. The molecule has 0 heterocycles. The zero-order valence-corrected chi connectivity index (χ0v) is 17.2. The number of carbonyl (C=O) groups is 1. The van der Waals surface area contributed by atoms with E-state index in [4.69, 9.17) is 0 Å². The Bertz CT molecular complexity index is 619. The van der Waals surface area contributed by atoms with Crippen LogP contribution in [0.25, 0.3) is 0 Å². The van der Waals surface area contributed by atoms with Gasteiger partial charge in [0.15, 0.2) is 0 Å². The van der Waals surface area contributed by atoms with E-state index in [9.17, 15) is 9.70 Å². The highest BCUT2D eigenvalue weighted by molar-refractivity contribution is 7.97. The molecule has 1 amide bonds. The maximum absolute atomic E-state index is 12.8. The van der Waals surface area contributed by atoms with E-state index in [0.717, 1.165) is 24.2 Å².